The van der Waals surface area contributed by atoms with E-state index < -0.39 is 0 Å². The summed E-state index contributed by atoms with van der Waals surface area (Å²) in [6.07, 6.45) is 0. The Hall–Kier alpha value is -3.02. The molecule has 0 spiro atoms. The minimum Gasteiger partial charge on any atom is -0.462 e. The Labute approximate surface area is 160 Å². The minimum atomic E-state index is -0.352. The van der Waals surface area contributed by atoms with Crippen molar-refractivity contribution in [2.75, 3.05) is 41.8 Å². The van der Waals surface area contributed by atoms with E-state index in [9.17, 15) is 9.59 Å². The molecule has 2 aromatic carbocycles. The molecule has 0 aliphatic carbocycles. The molecule has 0 aromatic heterocycles. The highest BCUT2D eigenvalue weighted by Gasteiger charge is 2.07. The van der Waals surface area contributed by atoms with Crippen molar-refractivity contribution < 1.29 is 14.3 Å². The van der Waals surface area contributed by atoms with Gasteiger partial charge in [0.2, 0.25) is 5.91 Å². The average Bonchev–Trinajstić information content (AvgIpc) is 2.69. The van der Waals surface area contributed by atoms with E-state index in [1.165, 1.54) is 0 Å². The van der Waals surface area contributed by atoms with Gasteiger partial charge in [0, 0.05) is 30.2 Å². The number of esters is 1. The second-order valence-electron chi connectivity index (χ2n) is 5.92. The molecule has 0 saturated heterocycles. The Morgan fingerprint density at radius 1 is 0.889 bits per heavy atom. The lowest BCUT2D eigenvalue weighted by atomic mass is 10.2. The molecular weight excluding hydrogens is 342 g/mol. The number of benzene rings is 2. The fourth-order valence-electron chi connectivity index (χ4n) is 2.67. The van der Waals surface area contributed by atoms with E-state index in [2.05, 4.69) is 29.4 Å². The highest BCUT2D eigenvalue weighted by atomic mass is 16.5. The van der Waals surface area contributed by atoms with Gasteiger partial charge in [-0.15, -0.1) is 0 Å². The number of nitrogens with one attached hydrogen (secondary N) is 2. The summed E-state index contributed by atoms with van der Waals surface area (Å²) in [6.45, 7) is 8.37. The van der Waals surface area contributed by atoms with Crippen molar-refractivity contribution in [3.05, 3.63) is 54.1 Å². The number of amides is 1. The van der Waals surface area contributed by atoms with Crippen LogP contribution in [0.2, 0.25) is 0 Å². The molecule has 0 fully saturated rings. The van der Waals surface area contributed by atoms with E-state index in [4.69, 9.17) is 4.74 Å². The molecule has 0 saturated carbocycles. The van der Waals surface area contributed by atoms with Crippen LogP contribution in [0.1, 0.15) is 31.1 Å². The number of carbonyl (C=O) groups excluding carboxylic acids is 2. The smallest absolute Gasteiger partial charge is 0.338 e. The molecule has 0 radical (unpaired) electrons. The minimum absolute atomic E-state index is 0.135. The van der Waals surface area contributed by atoms with Crippen molar-refractivity contribution in [2.45, 2.75) is 20.8 Å². The lowest BCUT2D eigenvalue weighted by Gasteiger charge is -2.21. The summed E-state index contributed by atoms with van der Waals surface area (Å²) >= 11 is 0. The third kappa shape index (κ3) is 6.02. The second-order valence-corrected chi connectivity index (χ2v) is 5.92. The molecular formula is C21H27N3O3. The molecule has 2 N–H and O–H groups in total. The van der Waals surface area contributed by atoms with Gasteiger partial charge in [-0.1, -0.05) is 0 Å². The SMILES string of the molecule is CCOC(=O)c1ccc(NCC(=O)Nc2ccc(N(CC)CC)cc2)cc1. The quantitative estimate of drug-likeness (QED) is 0.659. The van der Waals surface area contributed by atoms with Crippen LogP contribution in [0.25, 0.3) is 0 Å². The Balaban J connectivity index is 1.84. The maximum absolute atomic E-state index is 12.1. The van der Waals surface area contributed by atoms with Crippen LogP contribution in [-0.2, 0) is 9.53 Å². The van der Waals surface area contributed by atoms with E-state index in [1.807, 2.05) is 24.3 Å². The first-order chi connectivity index (χ1) is 13.1. The van der Waals surface area contributed by atoms with Gasteiger partial charge in [-0.3, -0.25) is 4.79 Å². The van der Waals surface area contributed by atoms with Gasteiger partial charge in [0.25, 0.3) is 0 Å². The maximum atomic E-state index is 12.1. The van der Waals surface area contributed by atoms with E-state index in [0.717, 1.165) is 30.2 Å². The number of hydrogen-bond donors (Lipinski definition) is 2. The molecule has 27 heavy (non-hydrogen) atoms. The van der Waals surface area contributed by atoms with Crippen molar-refractivity contribution in [2.24, 2.45) is 0 Å². The number of carbonyl (C=O) groups is 2. The van der Waals surface area contributed by atoms with E-state index in [1.54, 1.807) is 31.2 Å². The molecule has 6 heteroatoms. The predicted molar refractivity (Wildman–Crippen MR) is 110 cm³/mol. The zero-order chi connectivity index (χ0) is 19.6. The second kappa shape index (κ2) is 10.2. The van der Waals surface area contributed by atoms with Crippen molar-refractivity contribution in [3.8, 4) is 0 Å². The Morgan fingerprint density at radius 3 is 2.04 bits per heavy atom. The topological polar surface area (TPSA) is 70.7 Å². The van der Waals surface area contributed by atoms with Crippen LogP contribution in [-0.4, -0.2) is 38.1 Å². The van der Waals surface area contributed by atoms with E-state index in [-0.39, 0.29) is 18.4 Å². The monoisotopic (exact) mass is 369 g/mol. The predicted octanol–water partition coefficient (Wildman–Crippen LogP) is 3.76. The fourth-order valence-corrected chi connectivity index (χ4v) is 2.67. The first-order valence-corrected chi connectivity index (χ1v) is 9.23. The van der Waals surface area contributed by atoms with Crippen LogP contribution in [0, 0.1) is 0 Å². The molecule has 2 rings (SSSR count). The molecule has 144 valence electrons. The van der Waals surface area contributed by atoms with Crippen molar-refractivity contribution in [1.82, 2.24) is 0 Å². The Kier molecular flexibility index (Phi) is 7.67. The maximum Gasteiger partial charge on any atom is 0.338 e. The van der Waals surface area contributed by atoms with Gasteiger partial charge in [-0.25, -0.2) is 4.79 Å². The van der Waals surface area contributed by atoms with Crippen molar-refractivity contribution in [3.63, 3.8) is 0 Å². The van der Waals surface area contributed by atoms with Crippen LogP contribution < -0.4 is 15.5 Å². The summed E-state index contributed by atoms with van der Waals surface area (Å²) in [5, 5.41) is 5.90. The van der Waals surface area contributed by atoms with Gasteiger partial charge in [0.05, 0.1) is 18.7 Å². The average molecular weight is 369 g/mol. The summed E-state index contributed by atoms with van der Waals surface area (Å²) < 4.78 is 4.94. The van der Waals surface area contributed by atoms with Crippen LogP contribution >= 0.6 is 0 Å². The van der Waals surface area contributed by atoms with Crippen LogP contribution in [0.5, 0.6) is 0 Å². The Bertz CT molecular complexity index is 738. The fraction of sp³-hybridized carbons (Fsp3) is 0.333. The summed E-state index contributed by atoms with van der Waals surface area (Å²) in [7, 11) is 0. The van der Waals surface area contributed by atoms with E-state index in [0.29, 0.717) is 12.2 Å². The number of anilines is 3. The summed E-state index contributed by atoms with van der Waals surface area (Å²) in [4.78, 5) is 26.0. The largest absolute Gasteiger partial charge is 0.462 e. The van der Waals surface area contributed by atoms with Crippen LogP contribution in [0.4, 0.5) is 17.1 Å². The lowest BCUT2D eigenvalue weighted by Crippen LogP contribution is -2.23. The van der Waals surface area contributed by atoms with Gasteiger partial charge >= 0.3 is 5.97 Å². The number of ether oxygens (including phenoxy) is 1. The van der Waals surface area contributed by atoms with E-state index >= 15 is 0 Å². The molecule has 6 nitrogen and oxygen atoms in total. The summed E-state index contributed by atoms with van der Waals surface area (Å²) in [5.41, 5.74) is 3.14. The molecule has 0 atom stereocenters. The standard InChI is InChI=1S/C21H27N3O3/c1-4-24(5-2)19-13-11-18(12-14-19)23-20(25)15-22-17-9-7-16(8-10-17)21(26)27-6-3/h7-14,22H,4-6,15H2,1-3H3,(H,23,25). The normalized spacial score (nSPS) is 10.2. The number of hydrogen-bond acceptors (Lipinski definition) is 5. The van der Waals surface area contributed by atoms with Gasteiger partial charge < -0.3 is 20.3 Å². The zero-order valence-corrected chi connectivity index (χ0v) is 16.1. The molecule has 0 aliphatic rings. The number of rotatable bonds is 9. The highest BCUT2D eigenvalue weighted by Crippen LogP contribution is 2.17. The zero-order valence-electron chi connectivity index (χ0n) is 16.1. The van der Waals surface area contributed by atoms with Gasteiger partial charge in [-0.2, -0.15) is 0 Å². The summed E-state index contributed by atoms with van der Waals surface area (Å²) in [5.74, 6) is -0.491. The third-order valence-corrected chi connectivity index (χ3v) is 4.13. The highest BCUT2D eigenvalue weighted by molar-refractivity contribution is 5.94. The molecule has 0 unspecified atom stereocenters. The van der Waals surface area contributed by atoms with Gasteiger partial charge in [0.15, 0.2) is 0 Å². The third-order valence-electron chi connectivity index (χ3n) is 4.13. The van der Waals surface area contributed by atoms with Crippen molar-refractivity contribution >= 4 is 28.9 Å². The van der Waals surface area contributed by atoms with Crippen molar-refractivity contribution in [1.29, 1.82) is 0 Å². The number of nitrogens with zero attached hydrogens (tertiary/aromatic N) is 1. The molecule has 0 heterocycles. The molecule has 0 aliphatic heterocycles. The van der Waals surface area contributed by atoms with Gasteiger partial charge in [-0.05, 0) is 69.3 Å². The molecule has 1 amide bonds. The molecule has 0 bridgehead atoms. The molecule has 2 aromatic rings. The lowest BCUT2D eigenvalue weighted by molar-refractivity contribution is -0.114. The first-order valence-electron chi connectivity index (χ1n) is 9.23. The van der Waals surface area contributed by atoms with Crippen LogP contribution in [0.3, 0.4) is 0 Å². The first kappa shape index (κ1) is 20.3. The van der Waals surface area contributed by atoms with Crippen LogP contribution in [0.15, 0.2) is 48.5 Å². The summed E-state index contributed by atoms with van der Waals surface area (Å²) in [6, 6.07) is 14.7. The van der Waals surface area contributed by atoms with Gasteiger partial charge in [0.1, 0.15) is 0 Å². The Morgan fingerprint density at radius 2 is 1.48 bits per heavy atom.